The molecule has 4 nitrogen and oxygen atoms in total. The fourth-order valence-electron chi connectivity index (χ4n) is 3.59. The number of rotatable bonds is 5. The Kier molecular flexibility index (Phi) is 3.66. The van der Waals surface area contributed by atoms with Crippen LogP contribution in [0.5, 0.6) is 0 Å². The van der Waals surface area contributed by atoms with Crippen molar-refractivity contribution in [1.82, 2.24) is 19.8 Å². The first-order valence-corrected chi connectivity index (χ1v) is 7.31. The van der Waals surface area contributed by atoms with Gasteiger partial charge in [-0.25, -0.2) is 4.98 Å². The standard InChI is InChI=1S/C14H24N4/c1-2-18(8-7-17-6-5-15-11-17)14-9-12-3-4-13(10-14)16-12/h5-6,11-14,16H,2-4,7-10H2,1H3. The van der Waals surface area contributed by atoms with Gasteiger partial charge in [0.2, 0.25) is 0 Å². The average molecular weight is 248 g/mol. The van der Waals surface area contributed by atoms with Crippen LogP contribution in [0.1, 0.15) is 32.6 Å². The van der Waals surface area contributed by atoms with Crippen LogP contribution >= 0.6 is 0 Å². The zero-order valence-corrected chi connectivity index (χ0v) is 11.3. The molecule has 0 radical (unpaired) electrons. The van der Waals surface area contributed by atoms with E-state index in [2.05, 4.69) is 32.9 Å². The predicted octanol–water partition coefficient (Wildman–Crippen LogP) is 1.49. The summed E-state index contributed by atoms with van der Waals surface area (Å²) in [5, 5.41) is 3.73. The van der Waals surface area contributed by atoms with Gasteiger partial charge in [0, 0.05) is 43.6 Å². The van der Waals surface area contributed by atoms with E-state index in [1.807, 2.05) is 12.5 Å². The molecule has 18 heavy (non-hydrogen) atoms. The third kappa shape index (κ3) is 2.59. The molecule has 0 aromatic carbocycles. The lowest BCUT2D eigenvalue weighted by Crippen LogP contribution is -2.48. The van der Waals surface area contributed by atoms with E-state index in [9.17, 15) is 0 Å². The molecule has 2 saturated heterocycles. The Labute approximate surface area is 109 Å². The lowest BCUT2D eigenvalue weighted by molar-refractivity contribution is 0.143. The van der Waals surface area contributed by atoms with Gasteiger partial charge < -0.3 is 9.88 Å². The summed E-state index contributed by atoms with van der Waals surface area (Å²) in [6.45, 7) is 5.67. The van der Waals surface area contributed by atoms with E-state index >= 15 is 0 Å². The lowest BCUT2D eigenvalue weighted by atomic mass is 9.98. The minimum atomic E-state index is 0.788. The van der Waals surface area contributed by atoms with Crippen molar-refractivity contribution in [1.29, 1.82) is 0 Å². The summed E-state index contributed by atoms with van der Waals surface area (Å²) in [6, 6.07) is 2.37. The van der Waals surface area contributed by atoms with Gasteiger partial charge in [0.05, 0.1) is 6.33 Å². The molecule has 0 aliphatic carbocycles. The van der Waals surface area contributed by atoms with E-state index in [4.69, 9.17) is 0 Å². The van der Waals surface area contributed by atoms with Crippen molar-refractivity contribution in [2.75, 3.05) is 13.1 Å². The molecule has 3 heterocycles. The normalized spacial score (nSPS) is 31.1. The number of piperidine rings is 1. The summed E-state index contributed by atoms with van der Waals surface area (Å²) < 4.78 is 2.18. The molecule has 2 aliphatic heterocycles. The highest BCUT2D eigenvalue weighted by molar-refractivity contribution is 4.95. The van der Waals surface area contributed by atoms with Gasteiger partial charge >= 0.3 is 0 Å². The lowest BCUT2D eigenvalue weighted by Gasteiger charge is -2.37. The van der Waals surface area contributed by atoms with Crippen molar-refractivity contribution in [3.63, 3.8) is 0 Å². The number of fused-ring (bicyclic) bond motifs is 2. The molecule has 2 atom stereocenters. The molecular weight excluding hydrogens is 224 g/mol. The van der Waals surface area contributed by atoms with E-state index in [0.717, 1.165) is 31.2 Å². The Hall–Kier alpha value is -0.870. The molecule has 2 fully saturated rings. The minimum absolute atomic E-state index is 0.788. The van der Waals surface area contributed by atoms with Crippen LogP contribution < -0.4 is 5.32 Å². The largest absolute Gasteiger partial charge is 0.336 e. The molecule has 3 rings (SSSR count). The number of hydrogen-bond acceptors (Lipinski definition) is 3. The quantitative estimate of drug-likeness (QED) is 0.857. The van der Waals surface area contributed by atoms with E-state index in [1.165, 1.54) is 32.2 Å². The van der Waals surface area contributed by atoms with E-state index in [0.29, 0.717) is 0 Å². The fourth-order valence-corrected chi connectivity index (χ4v) is 3.59. The average Bonchev–Trinajstić information content (AvgIpc) is 3.00. The van der Waals surface area contributed by atoms with Crippen molar-refractivity contribution in [3.05, 3.63) is 18.7 Å². The van der Waals surface area contributed by atoms with Gasteiger partial charge in [-0.15, -0.1) is 0 Å². The molecule has 1 aromatic heterocycles. The first kappa shape index (κ1) is 12.2. The van der Waals surface area contributed by atoms with Crippen LogP contribution in [0.2, 0.25) is 0 Å². The highest BCUT2D eigenvalue weighted by atomic mass is 15.2. The summed E-state index contributed by atoms with van der Waals surface area (Å²) in [7, 11) is 0. The Morgan fingerprint density at radius 1 is 1.33 bits per heavy atom. The van der Waals surface area contributed by atoms with Crippen LogP contribution in [0.15, 0.2) is 18.7 Å². The maximum absolute atomic E-state index is 4.11. The SMILES string of the molecule is CCN(CCn1ccnc1)C1CC2CCC(C1)N2. The van der Waals surface area contributed by atoms with Gasteiger partial charge in [0.15, 0.2) is 0 Å². The van der Waals surface area contributed by atoms with Gasteiger partial charge in [-0.2, -0.15) is 0 Å². The van der Waals surface area contributed by atoms with Crippen LogP contribution in [-0.4, -0.2) is 45.7 Å². The molecule has 0 amide bonds. The second kappa shape index (κ2) is 5.41. The number of imidazole rings is 1. The van der Waals surface area contributed by atoms with Crippen molar-refractivity contribution < 1.29 is 0 Å². The fraction of sp³-hybridized carbons (Fsp3) is 0.786. The van der Waals surface area contributed by atoms with Crippen molar-refractivity contribution >= 4 is 0 Å². The molecule has 0 spiro atoms. The van der Waals surface area contributed by atoms with E-state index in [1.54, 1.807) is 0 Å². The number of nitrogens with zero attached hydrogens (tertiary/aromatic N) is 3. The molecular formula is C14H24N4. The zero-order chi connectivity index (χ0) is 12.4. The highest BCUT2D eigenvalue weighted by Crippen LogP contribution is 2.29. The molecule has 1 N–H and O–H groups in total. The van der Waals surface area contributed by atoms with Crippen LogP contribution in [0.3, 0.4) is 0 Å². The minimum Gasteiger partial charge on any atom is -0.336 e. The second-order valence-electron chi connectivity index (χ2n) is 5.69. The second-order valence-corrected chi connectivity index (χ2v) is 5.69. The molecule has 2 aliphatic rings. The van der Waals surface area contributed by atoms with Gasteiger partial charge in [-0.3, -0.25) is 4.90 Å². The van der Waals surface area contributed by atoms with Crippen molar-refractivity contribution in [3.8, 4) is 0 Å². The summed E-state index contributed by atoms with van der Waals surface area (Å²) >= 11 is 0. The topological polar surface area (TPSA) is 33.1 Å². The number of nitrogens with one attached hydrogen (secondary N) is 1. The van der Waals surface area contributed by atoms with Gasteiger partial charge in [-0.05, 0) is 32.2 Å². The van der Waals surface area contributed by atoms with Crippen LogP contribution in [0.25, 0.3) is 0 Å². The third-order valence-corrected chi connectivity index (χ3v) is 4.58. The Morgan fingerprint density at radius 2 is 2.11 bits per heavy atom. The highest BCUT2D eigenvalue weighted by Gasteiger charge is 2.35. The molecule has 2 unspecified atom stereocenters. The summed E-state index contributed by atoms with van der Waals surface area (Å²) in [5.41, 5.74) is 0. The first-order chi connectivity index (χ1) is 8.85. The van der Waals surface area contributed by atoms with Crippen molar-refractivity contribution in [2.45, 2.75) is 57.3 Å². The van der Waals surface area contributed by atoms with Crippen LogP contribution in [0.4, 0.5) is 0 Å². The van der Waals surface area contributed by atoms with E-state index < -0.39 is 0 Å². The third-order valence-electron chi connectivity index (χ3n) is 4.58. The number of aromatic nitrogens is 2. The summed E-state index contributed by atoms with van der Waals surface area (Å²) in [4.78, 5) is 6.77. The molecule has 1 aromatic rings. The summed E-state index contributed by atoms with van der Waals surface area (Å²) in [6.07, 6.45) is 11.3. The molecule has 2 bridgehead atoms. The van der Waals surface area contributed by atoms with Crippen molar-refractivity contribution in [2.24, 2.45) is 0 Å². The Bertz CT molecular complexity index is 350. The predicted molar refractivity (Wildman–Crippen MR) is 72.4 cm³/mol. The zero-order valence-electron chi connectivity index (χ0n) is 11.3. The smallest absolute Gasteiger partial charge is 0.0946 e. The maximum atomic E-state index is 4.11. The Balaban J connectivity index is 1.55. The monoisotopic (exact) mass is 248 g/mol. The molecule has 100 valence electrons. The number of likely N-dealkylation sites (N-methyl/N-ethyl adjacent to an activating group) is 1. The maximum Gasteiger partial charge on any atom is 0.0946 e. The van der Waals surface area contributed by atoms with Crippen LogP contribution in [0, 0.1) is 0 Å². The molecule has 4 heteroatoms. The van der Waals surface area contributed by atoms with Gasteiger partial charge in [0.25, 0.3) is 0 Å². The van der Waals surface area contributed by atoms with Crippen LogP contribution in [-0.2, 0) is 6.54 Å². The van der Waals surface area contributed by atoms with Gasteiger partial charge in [0.1, 0.15) is 0 Å². The van der Waals surface area contributed by atoms with E-state index in [-0.39, 0.29) is 0 Å². The van der Waals surface area contributed by atoms with Gasteiger partial charge in [-0.1, -0.05) is 6.92 Å². The Morgan fingerprint density at radius 3 is 2.72 bits per heavy atom. The molecule has 0 saturated carbocycles. The number of hydrogen-bond donors (Lipinski definition) is 1. The summed E-state index contributed by atoms with van der Waals surface area (Å²) in [5.74, 6) is 0. The first-order valence-electron chi connectivity index (χ1n) is 7.31.